The van der Waals surface area contributed by atoms with Gasteiger partial charge in [0, 0.05) is 5.92 Å². The van der Waals surface area contributed by atoms with E-state index < -0.39 is 0 Å². The number of carbonyl (C=O) groups is 1. The van der Waals surface area contributed by atoms with Crippen molar-refractivity contribution in [3.05, 3.63) is 29.8 Å². The number of Topliss-reactive ketones (excluding diaryl/α,β-unsaturated/α-hetero) is 1. The minimum Gasteiger partial charge on any atom is -0.486 e. The maximum Gasteiger partial charge on any atom is 0.173 e. The largest absolute Gasteiger partial charge is 0.486 e. The number of rotatable bonds is 5. The lowest BCUT2D eigenvalue weighted by Crippen LogP contribution is -2.19. The van der Waals surface area contributed by atoms with E-state index in [-0.39, 0.29) is 18.3 Å². The lowest BCUT2D eigenvalue weighted by Gasteiger charge is -2.09. The van der Waals surface area contributed by atoms with E-state index >= 15 is 0 Å². The molecule has 1 saturated carbocycles. The predicted octanol–water partition coefficient (Wildman–Crippen LogP) is 3.39. The van der Waals surface area contributed by atoms with E-state index in [1.807, 2.05) is 12.1 Å². The van der Waals surface area contributed by atoms with Gasteiger partial charge in [-0.15, -0.1) is 0 Å². The van der Waals surface area contributed by atoms with Gasteiger partial charge in [-0.05, 0) is 37.0 Å². The van der Waals surface area contributed by atoms with Crippen LogP contribution in [0.5, 0.6) is 5.75 Å². The highest BCUT2D eigenvalue weighted by Gasteiger charge is 2.22. The monoisotopic (exact) mass is 232 g/mol. The minimum atomic E-state index is 0.232. The molecule has 0 saturated heterocycles. The van der Waals surface area contributed by atoms with E-state index in [2.05, 4.69) is 19.1 Å². The van der Waals surface area contributed by atoms with Gasteiger partial charge in [-0.25, -0.2) is 0 Å². The normalized spacial score (nSPS) is 16.1. The van der Waals surface area contributed by atoms with Gasteiger partial charge in [-0.1, -0.05) is 31.9 Å². The molecule has 1 aliphatic carbocycles. The van der Waals surface area contributed by atoms with E-state index in [0.717, 1.165) is 25.0 Å². The average Bonchev–Trinajstić information content (AvgIpc) is 2.90. The fourth-order valence-corrected chi connectivity index (χ4v) is 2.34. The van der Waals surface area contributed by atoms with Crippen molar-refractivity contribution >= 4 is 5.78 Å². The van der Waals surface area contributed by atoms with Crippen LogP contribution in [-0.2, 0) is 11.2 Å². The van der Waals surface area contributed by atoms with Crippen molar-refractivity contribution in [2.24, 2.45) is 5.92 Å². The minimum absolute atomic E-state index is 0.232. The lowest BCUT2D eigenvalue weighted by atomic mass is 10.0. The molecule has 0 atom stereocenters. The summed E-state index contributed by atoms with van der Waals surface area (Å²) in [6.07, 6.45) is 5.53. The zero-order valence-electron chi connectivity index (χ0n) is 10.4. The van der Waals surface area contributed by atoms with Crippen LogP contribution in [0.1, 0.15) is 38.2 Å². The number of aryl methyl sites for hydroxylation is 1. The van der Waals surface area contributed by atoms with Crippen molar-refractivity contribution in [1.82, 2.24) is 0 Å². The molecule has 2 rings (SSSR count). The molecule has 1 aliphatic rings. The van der Waals surface area contributed by atoms with Crippen LogP contribution in [0.2, 0.25) is 0 Å². The van der Waals surface area contributed by atoms with Gasteiger partial charge in [-0.2, -0.15) is 0 Å². The van der Waals surface area contributed by atoms with Gasteiger partial charge < -0.3 is 4.74 Å². The molecule has 0 radical (unpaired) electrons. The molecule has 1 aromatic carbocycles. The van der Waals surface area contributed by atoms with Crippen LogP contribution in [0.25, 0.3) is 0 Å². The van der Waals surface area contributed by atoms with Crippen LogP contribution in [0, 0.1) is 5.92 Å². The highest BCUT2D eigenvalue weighted by atomic mass is 16.5. The molecular formula is C15H20O2. The van der Waals surface area contributed by atoms with Gasteiger partial charge in [0.25, 0.3) is 0 Å². The van der Waals surface area contributed by atoms with E-state index in [0.29, 0.717) is 0 Å². The molecule has 2 heteroatoms. The second-order valence-corrected chi connectivity index (χ2v) is 4.73. The quantitative estimate of drug-likeness (QED) is 0.778. The summed E-state index contributed by atoms with van der Waals surface area (Å²) in [5.74, 6) is 1.32. The van der Waals surface area contributed by atoms with Gasteiger partial charge in [0.2, 0.25) is 0 Å². The summed E-state index contributed by atoms with van der Waals surface area (Å²) in [6, 6.07) is 7.99. The van der Waals surface area contributed by atoms with Gasteiger partial charge in [0.05, 0.1) is 0 Å². The molecule has 2 nitrogen and oxygen atoms in total. The van der Waals surface area contributed by atoms with Crippen molar-refractivity contribution in [3.8, 4) is 5.75 Å². The van der Waals surface area contributed by atoms with Crippen LogP contribution >= 0.6 is 0 Å². The highest BCUT2D eigenvalue weighted by Crippen LogP contribution is 2.25. The van der Waals surface area contributed by atoms with E-state index in [1.54, 1.807) is 0 Å². The first kappa shape index (κ1) is 12.2. The SMILES string of the molecule is CCc1ccc(OCC(=O)C2CCCC2)cc1. The molecule has 0 aromatic heterocycles. The van der Waals surface area contributed by atoms with Crippen LogP contribution in [0.4, 0.5) is 0 Å². The molecule has 0 bridgehead atoms. The summed E-state index contributed by atoms with van der Waals surface area (Å²) in [5, 5.41) is 0. The predicted molar refractivity (Wildman–Crippen MR) is 68.3 cm³/mol. The van der Waals surface area contributed by atoms with Gasteiger partial charge in [0.1, 0.15) is 12.4 Å². The second-order valence-electron chi connectivity index (χ2n) is 4.73. The Labute approximate surface area is 103 Å². The first-order valence-electron chi connectivity index (χ1n) is 6.54. The Kier molecular flexibility index (Phi) is 4.18. The van der Waals surface area contributed by atoms with Crippen LogP contribution in [0.15, 0.2) is 24.3 Å². The standard InChI is InChI=1S/C15H20O2/c1-2-12-7-9-14(10-8-12)17-11-15(16)13-5-3-4-6-13/h7-10,13H,2-6,11H2,1H3. The topological polar surface area (TPSA) is 26.3 Å². The summed E-state index contributed by atoms with van der Waals surface area (Å²) in [7, 11) is 0. The van der Waals surface area contributed by atoms with Crippen molar-refractivity contribution < 1.29 is 9.53 Å². The van der Waals surface area contributed by atoms with E-state index in [4.69, 9.17) is 4.74 Å². The third-order valence-corrected chi connectivity index (χ3v) is 3.52. The van der Waals surface area contributed by atoms with E-state index in [9.17, 15) is 4.79 Å². The fourth-order valence-electron chi connectivity index (χ4n) is 2.34. The second kappa shape index (κ2) is 5.85. The molecule has 17 heavy (non-hydrogen) atoms. The Morgan fingerprint density at radius 1 is 1.24 bits per heavy atom. The number of hydrogen-bond acceptors (Lipinski definition) is 2. The summed E-state index contributed by atoms with van der Waals surface area (Å²) in [5.41, 5.74) is 1.29. The maximum absolute atomic E-state index is 11.8. The van der Waals surface area contributed by atoms with Crippen molar-refractivity contribution in [2.75, 3.05) is 6.61 Å². The van der Waals surface area contributed by atoms with Gasteiger partial charge >= 0.3 is 0 Å². The molecule has 1 aromatic rings. The molecule has 0 N–H and O–H groups in total. The van der Waals surface area contributed by atoms with Crippen molar-refractivity contribution in [1.29, 1.82) is 0 Å². The molecule has 0 unspecified atom stereocenters. The number of carbonyl (C=O) groups excluding carboxylic acids is 1. The molecule has 0 amide bonds. The smallest absolute Gasteiger partial charge is 0.173 e. The average molecular weight is 232 g/mol. The molecule has 0 heterocycles. The summed E-state index contributed by atoms with van der Waals surface area (Å²) >= 11 is 0. The summed E-state index contributed by atoms with van der Waals surface area (Å²) in [4.78, 5) is 11.8. The van der Waals surface area contributed by atoms with Gasteiger partial charge in [0.15, 0.2) is 5.78 Å². The zero-order chi connectivity index (χ0) is 12.1. The first-order chi connectivity index (χ1) is 8.29. The number of hydrogen-bond donors (Lipinski definition) is 0. The van der Waals surface area contributed by atoms with Crippen LogP contribution in [-0.4, -0.2) is 12.4 Å². The molecule has 1 fully saturated rings. The molecule has 0 spiro atoms. The number of ether oxygens (including phenoxy) is 1. The Morgan fingerprint density at radius 2 is 1.88 bits per heavy atom. The lowest BCUT2D eigenvalue weighted by molar-refractivity contribution is -0.124. The Morgan fingerprint density at radius 3 is 2.47 bits per heavy atom. The number of benzene rings is 1. The van der Waals surface area contributed by atoms with Crippen LogP contribution < -0.4 is 4.74 Å². The Hall–Kier alpha value is -1.31. The third kappa shape index (κ3) is 3.32. The Bertz CT molecular complexity index is 361. The summed E-state index contributed by atoms with van der Waals surface area (Å²) < 4.78 is 5.53. The zero-order valence-corrected chi connectivity index (χ0v) is 10.4. The number of ketones is 1. The summed E-state index contributed by atoms with van der Waals surface area (Å²) in [6.45, 7) is 2.36. The maximum atomic E-state index is 11.8. The fraction of sp³-hybridized carbons (Fsp3) is 0.533. The highest BCUT2D eigenvalue weighted by molar-refractivity contribution is 5.82. The first-order valence-corrected chi connectivity index (χ1v) is 6.54. The molecule has 92 valence electrons. The van der Waals surface area contributed by atoms with Crippen molar-refractivity contribution in [3.63, 3.8) is 0 Å². The Balaban J connectivity index is 1.82. The van der Waals surface area contributed by atoms with Crippen LogP contribution in [0.3, 0.4) is 0 Å². The van der Waals surface area contributed by atoms with E-state index in [1.165, 1.54) is 18.4 Å². The van der Waals surface area contributed by atoms with Crippen molar-refractivity contribution in [2.45, 2.75) is 39.0 Å². The molecule has 0 aliphatic heterocycles. The third-order valence-electron chi connectivity index (χ3n) is 3.52. The van der Waals surface area contributed by atoms with Gasteiger partial charge in [-0.3, -0.25) is 4.79 Å². The molecular weight excluding hydrogens is 212 g/mol.